The van der Waals surface area contributed by atoms with Crippen molar-refractivity contribution < 1.29 is 9.90 Å². The molecule has 1 unspecified atom stereocenters. The summed E-state index contributed by atoms with van der Waals surface area (Å²) in [6.45, 7) is 8.11. The topological polar surface area (TPSA) is 80.0 Å². The van der Waals surface area contributed by atoms with E-state index in [0.717, 1.165) is 11.3 Å². The molecule has 2 N–H and O–H groups in total. The molecule has 0 radical (unpaired) electrons. The molecule has 23 heavy (non-hydrogen) atoms. The van der Waals surface area contributed by atoms with Crippen LogP contribution in [0.2, 0.25) is 0 Å². The zero-order valence-corrected chi connectivity index (χ0v) is 14.1. The number of nitrogens with zero attached hydrogens (tertiary/aromatic N) is 3. The third kappa shape index (κ3) is 4.39. The van der Waals surface area contributed by atoms with Crippen molar-refractivity contribution in [3.63, 3.8) is 0 Å². The smallest absolute Gasteiger partial charge is 0.273 e. The first-order valence-corrected chi connectivity index (χ1v) is 7.72. The van der Waals surface area contributed by atoms with E-state index in [0.29, 0.717) is 6.42 Å². The molecule has 0 spiro atoms. The van der Waals surface area contributed by atoms with E-state index in [9.17, 15) is 9.90 Å². The predicted molar refractivity (Wildman–Crippen MR) is 88.5 cm³/mol. The fraction of sp³-hybridized carbons (Fsp3) is 0.471. The summed E-state index contributed by atoms with van der Waals surface area (Å²) in [6, 6.07) is 7.68. The maximum Gasteiger partial charge on any atom is 0.273 e. The van der Waals surface area contributed by atoms with Gasteiger partial charge in [0.05, 0.1) is 11.9 Å². The summed E-state index contributed by atoms with van der Waals surface area (Å²) in [4.78, 5) is 12.4. The number of amides is 1. The summed E-state index contributed by atoms with van der Waals surface area (Å²) in [7, 11) is 0. The van der Waals surface area contributed by atoms with Gasteiger partial charge in [0, 0.05) is 12.6 Å². The molecule has 6 nitrogen and oxygen atoms in total. The molecule has 0 aliphatic carbocycles. The summed E-state index contributed by atoms with van der Waals surface area (Å²) in [5.41, 5.74) is 2.12. The van der Waals surface area contributed by atoms with Gasteiger partial charge in [-0.05, 0) is 30.9 Å². The molecule has 1 amide bonds. The first kappa shape index (κ1) is 17.1. The molecule has 0 saturated carbocycles. The van der Waals surface area contributed by atoms with E-state index in [-0.39, 0.29) is 29.7 Å². The zero-order valence-electron chi connectivity index (χ0n) is 14.1. The SMILES string of the molecule is Cc1ccc(-n2cc(C(=O)NC(CCO)C(C)(C)C)nn2)cc1. The van der Waals surface area contributed by atoms with Gasteiger partial charge in [0.2, 0.25) is 0 Å². The van der Waals surface area contributed by atoms with Crippen molar-refractivity contribution in [2.75, 3.05) is 6.61 Å². The highest BCUT2D eigenvalue weighted by atomic mass is 16.3. The second-order valence-electron chi connectivity index (χ2n) is 6.79. The lowest BCUT2D eigenvalue weighted by molar-refractivity contribution is 0.0880. The number of carbonyl (C=O) groups excluding carboxylic acids is 1. The normalized spacial score (nSPS) is 12.9. The Morgan fingerprint density at radius 1 is 1.30 bits per heavy atom. The van der Waals surface area contributed by atoms with Crippen LogP contribution in [0.4, 0.5) is 0 Å². The van der Waals surface area contributed by atoms with Gasteiger partial charge < -0.3 is 10.4 Å². The lowest BCUT2D eigenvalue weighted by Gasteiger charge is -2.30. The minimum Gasteiger partial charge on any atom is -0.396 e. The third-order valence-electron chi connectivity index (χ3n) is 3.79. The van der Waals surface area contributed by atoms with Gasteiger partial charge in [-0.2, -0.15) is 0 Å². The van der Waals surface area contributed by atoms with E-state index in [1.54, 1.807) is 10.9 Å². The molecule has 0 aliphatic heterocycles. The molecular weight excluding hydrogens is 292 g/mol. The third-order valence-corrected chi connectivity index (χ3v) is 3.79. The van der Waals surface area contributed by atoms with Gasteiger partial charge in [0.15, 0.2) is 5.69 Å². The molecule has 1 atom stereocenters. The predicted octanol–water partition coefficient (Wildman–Crippen LogP) is 2.10. The highest BCUT2D eigenvalue weighted by Crippen LogP contribution is 2.22. The number of aryl methyl sites for hydroxylation is 1. The van der Waals surface area contributed by atoms with E-state index in [1.165, 1.54) is 0 Å². The monoisotopic (exact) mass is 316 g/mol. The molecule has 0 saturated heterocycles. The van der Waals surface area contributed by atoms with Crippen LogP contribution in [-0.4, -0.2) is 38.7 Å². The van der Waals surface area contributed by atoms with Crippen molar-refractivity contribution in [1.29, 1.82) is 0 Å². The Morgan fingerprint density at radius 2 is 1.96 bits per heavy atom. The molecule has 6 heteroatoms. The summed E-state index contributed by atoms with van der Waals surface area (Å²) in [5, 5.41) is 20.1. The molecule has 0 aliphatic rings. The number of hydrogen-bond donors (Lipinski definition) is 2. The lowest BCUT2D eigenvalue weighted by atomic mass is 9.85. The molecule has 2 rings (SSSR count). The Hall–Kier alpha value is -2.21. The lowest BCUT2D eigenvalue weighted by Crippen LogP contribution is -2.44. The number of aromatic nitrogens is 3. The first-order chi connectivity index (χ1) is 10.8. The number of rotatable bonds is 5. The van der Waals surface area contributed by atoms with Gasteiger partial charge in [-0.25, -0.2) is 4.68 Å². The van der Waals surface area contributed by atoms with Gasteiger partial charge in [-0.1, -0.05) is 43.7 Å². The minimum atomic E-state index is -0.281. The number of benzene rings is 1. The Morgan fingerprint density at radius 3 is 2.52 bits per heavy atom. The first-order valence-electron chi connectivity index (χ1n) is 7.72. The van der Waals surface area contributed by atoms with Crippen molar-refractivity contribution in [3.05, 3.63) is 41.7 Å². The van der Waals surface area contributed by atoms with Gasteiger partial charge >= 0.3 is 0 Å². The largest absolute Gasteiger partial charge is 0.396 e. The van der Waals surface area contributed by atoms with Crippen LogP contribution in [0.15, 0.2) is 30.5 Å². The minimum absolute atomic E-state index is 0.0261. The molecular formula is C17H24N4O2. The quantitative estimate of drug-likeness (QED) is 0.885. The fourth-order valence-electron chi connectivity index (χ4n) is 2.27. The molecule has 0 fully saturated rings. The summed E-state index contributed by atoms with van der Waals surface area (Å²) >= 11 is 0. The average Bonchev–Trinajstić information content (AvgIpc) is 2.96. The molecule has 1 aromatic carbocycles. The van der Waals surface area contributed by atoms with E-state index in [4.69, 9.17) is 0 Å². The summed E-state index contributed by atoms with van der Waals surface area (Å²) in [6.07, 6.45) is 2.11. The van der Waals surface area contributed by atoms with Crippen LogP contribution >= 0.6 is 0 Å². The van der Waals surface area contributed by atoms with Crippen molar-refractivity contribution in [3.8, 4) is 5.69 Å². The van der Waals surface area contributed by atoms with Crippen LogP contribution in [0, 0.1) is 12.3 Å². The van der Waals surface area contributed by atoms with Crippen molar-refractivity contribution in [1.82, 2.24) is 20.3 Å². The fourth-order valence-corrected chi connectivity index (χ4v) is 2.27. The van der Waals surface area contributed by atoms with E-state index >= 15 is 0 Å². The standard InChI is InChI=1S/C17H24N4O2/c1-12-5-7-13(8-6-12)21-11-14(19-20-21)16(23)18-15(9-10-22)17(2,3)4/h5-8,11,15,22H,9-10H2,1-4H3,(H,18,23). The van der Waals surface area contributed by atoms with Gasteiger partial charge in [-0.3, -0.25) is 4.79 Å². The maximum absolute atomic E-state index is 12.4. The highest BCUT2D eigenvalue weighted by molar-refractivity contribution is 5.92. The number of hydrogen-bond acceptors (Lipinski definition) is 4. The molecule has 1 aromatic heterocycles. The van der Waals surface area contributed by atoms with Gasteiger partial charge in [0.1, 0.15) is 0 Å². The Balaban J connectivity index is 2.13. The summed E-state index contributed by atoms with van der Waals surface area (Å²) in [5.74, 6) is -0.281. The Labute approximate surface area is 136 Å². The van der Waals surface area contributed by atoms with Crippen LogP contribution in [0.3, 0.4) is 0 Å². The molecule has 1 heterocycles. The van der Waals surface area contributed by atoms with E-state index < -0.39 is 0 Å². The van der Waals surface area contributed by atoms with Crippen LogP contribution in [0.5, 0.6) is 0 Å². The van der Waals surface area contributed by atoms with Gasteiger partial charge in [-0.15, -0.1) is 5.10 Å². The van der Waals surface area contributed by atoms with Crippen molar-refractivity contribution >= 4 is 5.91 Å². The Kier molecular flexibility index (Phi) is 5.15. The average molecular weight is 316 g/mol. The number of nitrogens with one attached hydrogen (secondary N) is 1. The van der Waals surface area contributed by atoms with Crippen LogP contribution < -0.4 is 5.32 Å². The zero-order chi connectivity index (χ0) is 17.0. The maximum atomic E-state index is 12.4. The highest BCUT2D eigenvalue weighted by Gasteiger charge is 2.27. The second kappa shape index (κ2) is 6.91. The molecule has 0 bridgehead atoms. The van der Waals surface area contributed by atoms with Crippen LogP contribution in [0.25, 0.3) is 5.69 Å². The molecule has 2 aromatic rings. The van der Waals surface area contributed by atoms with Crippen molar-refractivity contribution in [2.24, 2.45) is 5.41 Å². The molecule has 124 valence electrons. The second-order valence-corrected chi connectivity index (χ2v) is 6.79. The summed E-state index contributed by atoms with van der Waals surface area (Å²) < 4.78 is 1.58. The van der Waals surface area contributed by atoms with Gasteiger partial charge in [0.25, 0.3) is 5.91 Å². The number of aliphatic hydroxyl groups excluding tert-OH is 1. The number of carbonyl (C=O) groups is 1. The number of aliphatic hydroxyl groups is 1. The van der Waals surface area contributed by atoms with E-state index in [2.05, 4.69) is 15.6 Å². The Bertz CT molecular complexity index is 656. The van der Waals surface area contributed by atoms with E-state index in [1.807, 2.05) is 52.0 Å². The van der Waals surface area contributed by atoms with Crippen LogP contribution in [0.1, 0.15) is 43.2 Å². The van der Waals surface area contributed by atoms with Crippen LogP contribution in [-0.2, 0) is 0 Å². The van der Waals surface area contributed by atoms with Crippen molar-refractivity contribution in [2.45, 2.75) is 40.2 Å².